The standard InChI is InChI=1S/C14H23BrClN3S/c1-3-18(4-2)10-5-6-19(9-10)12(8-17)13-7-11(15)14(16)20-13/h7,10,12H,3-6,8-9,17H2,1-2H3. The largest absolute Gasteiger partial charge is 0.329 e. The Morgan fingerprint density at radius 2 is 2.25 bits per heavy atom. The number of likely N-dealkylation sites (tertiary alicyclic amines) is 1. The van der Waals surface area contributed by atoms with E-state index in [1.54, 1.807) is 11.3 Å². The zero-order valence-electron chi connectivity index (χ0n) is 12.1. The van der Waals surface area contributed by atoms with Crippen LogP contribution in [0.5, 0.6) is 0 Å². The van der Waals surface area contributed by atoms with Crippen LogP contribution in [0.4, 0.5) is 0 Å². The summed E-state index contributed by atoms with van der Waals surface area (Å²) in [5, 5.41) is 0. The van der Waals surface area contributed by atoms with E-state index in [0.29, 0.717) is 18.6 Å². The van der Waals surface area contributed by atoms with Crippen molar-refractivity contribution in [2.45, 2.75) is 32.4 Å². The predicted octanol–water partition coefficient (Wildman–Crippen LogP) is 3.58. The number of halogens is 2. The quantitative estimate of drug-likeness (QED) is 0.818. The maximum atomic E-state index is 6.17. The highest BCUT2D eigenvalue weighted by Crippen LogP contribution is 2.38. The van der Waals surface area contributed by atoms with E-state index < -0.39 is 0 Å². The average Bonchev–Trinajstić information content (AvgIpc) is 3.01. The topological polar surface area (TPSA) is 32.5 Å². The molecule has 1 aliphatic heterocycles. The summed E-state index contributed by atoms with van der Waals surface area (Å²) in [6, 6.07) is 3.08. The molecule has 114 valence electrons. The molecule has 1 aliphatic rings. The fourth-order valence-electron chi connectivity index (χ4n) is 3.06. The SMILES string of the molecule is CCN(CC)C1CCN(C(CN)c2cc(Br)c(Cl)s2)C1. The van der Waals surface area contributed by atoms with Crippen molar-refractivity contribution in [3.63, 3.8) is 0 Å². The minimum absolute atomic E-state index is 0.296. The van der Waals surface area contributed by atoms with Crippen molar-refractivity contribution in [1.82, 2.24) is 9.80 Å². The Morgan fingerprint density at radius 3 is 2.75 bits per heavy atom. The second-order valence-corrected chi connectivity index (χ2v) is 7.72. The van der Waals surface area contributed by atoms with Gasteiger partial charge in [0.2, 0.25) is 0 Å². The van der Waals surface area contributed by atoms with Crippen LogP contribution in [-0.2, 0) is 0 Å². The van der Waals surface area contributed by atoms with Gasteiger partial charge in [-0.15, -0.1) is 11.3 Å². The van der Waals surface area contributed by atoms with Crippen LogP contribution in [0, 0.1) is 0 Å². The number of nitrogens with two attached hydrogens (primary N) is 1. The normalized spacial score (nSPS) is 21.8. The van der Waals surface area contributed by atoms with Gasteiger partial charge in [-0.1, -0.05) is 25.4 Å². The molecule has 0 amide bonds. The molecular formula is C14H23BrClN3S. The van der Waals surface area contributed by atoms with Crippen molar-refractivity contribution in [3.8, 4) is 0 Å². The minimum atomic E-state index is 0.296. The van der Waals surface area contributed by atoms with Crippen LogP contribution in [0.3, 0.4) is 0 Å². The van der Waals surface area contributed by atoms with Crippen molar-refractivity contribution in [2.24, 2.45) is 5.73 Å². The highest BCUT2D eigenvalue weighted by atomic mass is 79.9. The molecule has 0 aliphatic carbocycles. The number of nitrogens with zero attached hydrogens (tertiary/aromatic N) is 2. The second kappa shape index (κ2) is 7.56. The lowest BCUT2D eigenvalue weighted by molar-refractivity contribution is 0.191. The molecule has 1 saturated heterocycles. The van der Waals surface area contributed by atoms with Crippen LogP contribution < -0.4 is 5.73 Å². The molecule has 2 unspecified atom stereocenters. The molecule has 6 heteroatoms. The second-order valence-electron chi connectivity index (χ2n) is 5.18. The van der Waals surface area contributed by atoms with E-state index in [1.807, 2.05) is 0 Å². The van der Waals surface area contributed by atoms with E-state index in [4.69, 9.17) is 17.3 Å². The molecule has 0 bridgehead atoms. The van der Waals surface area contributed by atoms with Gasteiger partial charge in [-0.2, -0.15) is 0 Å². The lowest BCUT2D eigenvalue weighted by atomic mass is 10.2. The first-order valence-corrected chi connectivity index (χ1v) is 9.22. The number of rotatable bonds is 6. The molecule has 0 radical (unpaired) electrons. The highest BCUT2D eigenvalue weighted by Gasteiger charge is 2.31. The molecular weight excluding hydrogens is 358 g/mol. The van der Waals surface area contributed by atoms with Gasteiger partial charge in [0.05, 0.1) is 6.04 Å². The Kier molecular flexibility index (Phi) is 6.32. The van der Waals surface area contributed by atoms with E-state index in [0.717, 1.165) is 35.0 Å². The van der Waals surface area contributed by atoms with Crippen LogP contribution in [0.25, 0.3) is 0 Å². The van der Waals surface area contributed by atoms with Crippen LogP contribution >= 0.6 is 38.9 Å². The zero-order valence-corrected chi connectivity index (χ0v) is 15.3. The molecule has 0 spiro atoms. The number of likely N-dealkylation sites (N-methyl/N-ethyl adjacent to an activating group) is 1. The first-order valence-electron chi connectivity index (χ1n) is 7.23. The van der Waals surface area contributed by atoms with Gasteiger partial charge in [-0.25, -0.2) is 0 Å². The van der Waals surface area contributed by atoms with E-state index >= 15 is 0 Å². The monoisotopic (exact) mass is 379 g/mol. The van der Waals surface area contributed by atoms with Crippen LogP contribution in [0.2, 0.25) is 4.34 Å². The van der Waals surface area contributed by atoms with Crippen molar-refractivity contribution in [3.05, 3.63) is 19.8 Å². The first-order chi connectivity index (χ1) is 9.60. The smallest absolute Gasteiger partial charge is 0.107 e. The number of thiophene rings is 1. The van der Waals surface area contributed by atoms with Gasteiger partial charge in [0.1, 0.15) is 4.34 Å². The third-order valence-corrected chi connectivity index (χ3v) is 6.76. The lowest BCUT2D eigenvalue weighted by Crippen LogP contribution is -2.39. The molecule has 0 aromatic carbocycles. The Hall–Kier alpha value is 0.350. The molecule has 1 aromatic rings. The summed E-state index contributed by atoms with van der Waals surface area (Å²) in [6.07, 6.45) is 1.23. The molecule has 1 aromatic heterocycles. The fraction of sp³-hybridized carbons (Fsp3) is 0.714. The van der Waals surface area contributed by atoms with E-state index in [-0.39, 0.29) is 0 Å². The molecule has 2 heterocycles. The minimum Gasteiger partial charge on any atom is -0.329 e. The first kappa shape index (κ1) is 16.7. The molecule has 20 heavy (non-hydrogen) atoms. The summed E-state index contributed by atoms with van der Waals surface area (Å²) >= 11 is 11.3. The lowest BCUT2D eigenvalue weighted by Gasteiger charge is -2.29. The van der Waals surface area contributed by atoms with Crippen molar-refractivity contribution in [2.75, 3.05) is 32.7 Å². The van der Waals surface area contributed by atoms with E-state index in [1.165, 1.54) is 11.3 Å². The van der Waals surface area contributed by atoms with Gasteiger partial charge < -0.3 is 5.73 Å². The van der Waals surface area contributed by atoms with Crippen molar-refractivity contribution >= 4 is 38.9 Å². The van der Waals surface area contributed by atoms with Gasteiger partial charge in [-0.3, -0.25) is 9.80 Å². The summed E-state index contributed by atoms with van der Waals surface area (Å²) in [7, 11) is 0. The average molecular weight is 381 g/mol. The summed E-state index contributed by atoms with van der Waals surface area (Å²) in [5.41, 5.74) is 6.02. The molecule has 1 fully saturated rings. The van der Waals surface area contributed by atoms with E-state index in [9.17, 15) is 0 Å². The Labute approximate surface area is 139 Å². The molecule has 3 nitrogen and oxygen atoms in total. The fourth-order valence-corrected chi connectivity index (χ4v) is 4.95. The van der Waals surface area contributed by atoms with Gasteiger partial charge in [0.25, 0.3) is 0 Å². The number of hydrogen-bond acceptors (Lipinski definition) is 4. The third-order valence-electron chi connectivity index (χ3n) is 4.18. The zero-order chi connectivity index (χ0) is 14.7. The van der Waals surface area contributed by atoms with Gasteiger partial charge in [0.15, 0.2) is 0 Å². The van der Waals surface area contributed by atoms with Crippen LogP contribution in [0.1, 0.15) is 31.2 Å². The Morgan fingerprint density at radius 1 is 1.55 bits per heavy atom. The van der Waals surface area contributed by atoms with E-state index in [2.05, 4.69) is 45.6 Å². The Balaban J connectivity index is 2.06. The van der Waals surface area contributed by atoms with Gasteiger partial charge in [-0.05, 0) is 41.5 Å². The predicted molar refractivity (Wildman–Crippen MR) is 91.7 cm³/mol. The van der Waals surface area contributed by atoms with Crippen LogP contribution in [-0.4, -0.2) is 48.6 Å². The van der Waals surface area contributed by atoms with Crippen LogP contribution in [0.15, 0.2) is 10.5 Å². The van der Waals surface area contributed by atoms with Gasteiger partial charge >= 0.3 is 0 Å². The third kappa shape index (κ3) is 3.57. The van der Waals surface area contributed by atoms with Crippen molar-refractivity contribution in [1.29, 1.82) is 0 Å². The maximum absolute atomic E-state index is 6.17. The molecule has 0 saturated carbocycles. The van der Waals surface area contributed by atoms with Gasteiger partial charge in [0, 0.05) is 35.0 Å². The summed E-state index contributed by atoms with van der Waals surface area (Å²) in [6.45, 7) is 9.60. The molecule has 2 atom stereocenters. The highest BCUT2D eigenvalue weighted by molar-refractivity contribution is 9.10. The molecule has 2 N–H and O–H groups in total. The molecule has 2 rings (SSSR count). The maximum Gasteiger partial charge on any atom is 0.107 e. The summed E-state index contributed by atoms with van der Waals surface area (Å²) < 4.78 is 1.80. The number of hydrogen-bond donors (Lipinski definition) is 1. The summed E-state index contributed by atoms with van der Waals surface area (Å²) in [5.74, 6) is 0. The van der Waals surface area contributed by atoms with Crippen molar-refractivity contribution < 1.29 is 0 Å². The summed E-state index contributed by atoms with van der Waals surface area (Å²) in [4.78, 5) is 6.33. The Bertz CT molecular complexity index is 417.